The van der Waals surface area contributed by atoms with E-state index in [1.54, 1.807) is 0 Å². The van der Waals surface area contributed by atoms with E-state index in [2.05, 4.69) is 5.32 Å². The highest BCUT2D eigenvalue weighted by Gasteiger charge is 2.44. The molecule has 1 aromatic rings. The molecule has 0 bridgehead atoms. The number of hydrogen-bond donors (Lipinski definition) is 2. The van der Waals surface area contributed by atoms with Gasteiger partial charge in [0, 0.05) is 19.3 Å². The van der Waals surface area contributed by atoms with Crippen LogP contribution in [-0.2, 0) is 14.8 Å². The number of rotatable bonds is 5. The molecule has 1 fully saturated rings. The third-order valence-corrected chi connectivity index (χ3v) is 5.88. The van der Waals surface area contributed by atoms with Gasteiger partial charge in [0.25, 0.3) is 0 Å². The Labute approximate surface area is 148 Å². The lowest BCUT2D eigenvalue weighted by atomic mass is 9.93. The second kappa shape index (κ2) is 7.03. The predicted molar refractivity (Wildman–Crippen MR) is 97.1 cm³/mol. The molecule has 2 rings (SSSR count). The first-order valence-corrected chi connectivity index (χ1v) is 9.79. The Morgan fingerprint density at radius 2 is 1.68 bits per heavy atom. The minimum atomic E-state index is -4.04. The van der Waals surface area contributed by atoms with Crippen molar-refractivity contribution < 1.29 is 18.0 Å². The smallest absolute Gasteiger partial charge is 0.332 e. The standard InChI is InChI=1S/C17H25N3O4S/c1-10(2)12-7-6-8-13(11(3)4)15(12)18-17(22)19-25(23,24)14-9-20(5)16(14)21/h6-8,10-11,14H,9H2,1-5H3,(H2,18,19,22). The quantitative estimate of drug-likeness (QED) is 0.780. The highest BCUT2D eigenvalue weighted by Crippen LogP contribution is 2.32. The summed E-state index contributed by atoms with van der Waals surface area (Å²) < 4.78 is 26.3. The molecule has 3 amide bonds. The van der Waals surface area contributed by atoms with Gasteiger partial charge in [-0.25, -0.2) is 17.9 Å². The SMILES string of the molecule is CC(C)c1cccc(C(C)C)c1NC(=O)NS(=O)(=O)C1CN(C)C1=O. The predicted octanol–water partition coefficient (Wildman–Crippen LogP) is 2.23. The van der Waals surface area contributed by atoms with Gasteiger partial charge in [-0.15, -0.1) is 0 Å². The van der Waals surface area contributed by atoms with Crippen molar-refractivity contribution in [1.82, 2.24) is 9.62 Å². The molecule has 8 heteroatoms. The van der Waals surface area contributed by atoms with Crippen LogP contribution in [0.15, 0.2) is 18.2 Å². The zero-order chi connectivity index (χ0) is 18.9. The van der Waals surface area contributed by atoms with E-state index in [0.717, 1.165) is 11.1 Å². The van der Waals surface area contributed by atoms with Crippen LogP contribution in [0, 0.1) is 0 Å². The molecule has 7 nitrogen and oxygen atoms in total. The van der Waals surface area contributed by atoms with Crippen LogP contribution >= 0.6 is 0 Å². The summed E-state index contributed by atoms with van der Waals surface area (Å²) in [6, 6.07) is 4.89. The molecule has 0 aliphatic carbocycles. The number of hydrogen-bond acceptors (Lipinski definition) is 4. The van der Waals surface area contributed by atoms with Gasteiger partial charge in [-0.2, -0.15) is 0 Å². The summed E-state index contributed by atoms with van der Waals surface area (Å²) in [5, 5.41) is 1.47. The van der Waals surface area contributed by atoms with E-state index in [9.17, 15) is 18.0 Å². The molecule has 1 aliphatic rings. The highest BCUT2D eigenvalue weighted by molar-refractivity contribution is 7.91. The van der Waals surface area contributed by atoms with Crippen LogP contribution in [0.25, 0.3) is 0 Å². The average molecular weight is 367 g/mol. The molecule has 1 unspecified atom stereocenters. The zero-order valence-corrected chi connectivity index (χ0v) is 16.0. The summed E-state index contributed by atoms with van der Waals surface area (Å²) in [6.45, 7) is 8.09. The van der Waals surface area contributed by atoms with Crippen molar-refractivity contribution in [2.75, 3.05) is 18.9 Å². The first-order valence-electron chi connectivity index (χ1n) is 8.25. The fraction of sp³-hybridized carbons (Fsp3) is 0.529. The number of β-lactam (4-membered cyclic amide) rings is 1. The molecule has 1 atom stereocenters. The van der Waals surface area contributed by atoms with Crippen molar-refractivity contribution in [3.05, 3.63) is 29.3 Å². The summed E-state index contributed by atoms with van der Waals surface area (Å²) in [7, 11) is -2.53. The first-order chi connectivity index (χ1) is 11.5. The van der Waals surface area contributed by atoms with E-state index in [1.807, 2.05) is 50.6 Å². The maximum atomic E-state index is 12.3. The van der Waals surface area contributed by atoms with E-state index in [4.69, 9.17) is 0 Å². The number of para-hydroxylation sites is 1. The summed E-state index contributed by atoms with van der Waals surface area (Å²) in [5.74, 6) is -0.189. The molecule has 1 saturated heterocycles. The Hall–Kier alpha value is -2.09. The van der Waals surface area contributed by atoms with Crippen LogP contribution in [0.1, 0.15) is 50.7 Å². The number of likely N-dealkylation sites (tertiary alicyclic amines) is 1. The Morgan fingerprint density at radius 1 is 1.16 bits per heavy atom. The third-order valence-electron chi connectivity index (χ3n) is 4.31. The largest absolute Gasteiger partial charge is 0.343 e. The molecule has 0 spiro atoms. The number of anilines is 1. The van der Waals surface area contributed by atoms with E-state index in [0.29, 0.717) is 5.69 Å². The van der Waals surface area contributed by atoms with Crippen LogP contribution in [0.3, 0.4) is 0 Å². The molecule has 138 valence electrons. The molecule has 25 heavy (non-hydrogen) atoms. The molecule has 0 radical (unpaired) electrons. The van der Waals surface area contributed by atoms with Gasteiger partial charge in [-0.05, 0) is 23.0 Å². The number of nitrogens with zero attached hydrogens (tertiary/aromatic N) is 1. The maximum absolute atomic E-state index is 12.3. The number of benzene rings is 1. The second-order valence-corrected chi connectivity index (χ2v) is 8.79. The van der Waals surface area contributed by atoms with Gasteiger partial charge in [-0.1, -0.05) is 45.9 Å². The first kappa shape index (κ1) is 19.2. The second-order valence-electron chi connectivity index (χ2n) is 6.93. The lowest BCUT2D eigenvalue weighted by Gasteiger charge is -2.34. The minimum Gasteiger partial charge on any atom is -0.343 e. The van der Waals surface area contributed by atoms with Gasteiger partial charge >= 0.3 is 6.03 Å². The third kappa shape index (κ3) is 3.95. The van der Waals surface area contributed by atoms with Crippen LogP contribution in [0.5, 0.6) is 0 Å². The van der Waals surface area contributed by atoms with Gasteiger partial charge in [0.15, 0.2) is 5.25 Å². The number of nitrogens with one attached hydrogen (secondary N) is 2. The van der Waals surface area contributed by atoms with Crippen molar-refractivity contribution >= 4 is 27.6 Å². The number of carbonyl (C=O) groups is 2. The van der Waals surface area contributed by atoms with Crippen LogP contribution in [-0.4, -0.2) is 44.1 Å². The number of carbonyl (C=O) groups excluding carboxylic acids is 2. The Bertz CT molecular complexity index is 761. The van der Waals surface area contributed by atoms with Crippen LogP contribution in [0.4, 0.5) is 10.5 Å². The van der Waals surface area contributed by atoms with Crippen molar-refractivity contribution in [1.29, 1.82) is 0 Å². The van der Waals surface area contributed by atoms with Gasteiger partial charge in [0.2, 0.25) is 15.9 Å². The summed E-state index contributed by atoms with van der Waals surface area (Å²) >= 11 is 0. The molecular formula is C17H25N3O4S. The summed E-state index contributed by atoms with van der Waals surface area (Å²) in [4.78, 5) is 25.2. The zero-order valence-electron chi connectivity index (χ0n) is 15.2. The number of sulfonamides is 1. The summed E-state index contributed by atoms with van der Waals surface area (Å²) in [5.41, 5.74) is 2.48. The van der Waals surface area contributed by atoms with Gasteiger partial charge < -0.3 is 10.2 Å². The molecule has 1 aromatic carbocycles. The fourth-order valence-corrected chi connectivity index (χ4v) is 4.13. The molecule has 0 aromatic heterocycles. The van der Waals surface area contributed by atoms with E-state index in [-0.39, 0.29) is 18.4 Å². The van der Waals surface area contributed by atoms with Crippen LogP contribution < -0.4 is 10.0 Å². The minimum absolute atomic E-state index is 0.0846. The van der Waals surface area contributed by atoms with Gasteiger partial charge in [0.05, 0.1) is 0 Å². The van der Waals surface area contributed by atoms with E-state index < -0.39 is 27.2 Å². The van der Waals surface area contributed by atoms with Crippen molar-refractivity contribution in [2.24, 2.45) is 0 Å². The normalized spacial score (nSPS) is 17.6. The van der Waals surface area contributed by atoms with Crippen molar-refractivity contribution in [2.45, 2.75) is 44.8 Å². The van der Waals surface area contributed by atoms with Crippen LogP contribution in [0.2, 0.25) is 0 Å². The lowest BCUT2D eigenvalue weighted by molar-refractivity contribution is -0.137. The molecule has 2 N–H and O–H groups in total. The Balaban J connectivity index is 2.22. The number of amides is 3. The Morgan fingerprint density at radius 3 is 2.08 bits per heavy atom. The Kier molecular flexibility index (Phi) is 5.41. The monoisotopic (exact) mass is 367 g/mol. The average Bonchev–Trinajstić information content (AvgIpc) is 2.50. The maximum Gasteiger partial charge on any atom is 0.332 e. The molecule has 1 aliphatic heterocycles. The lowest BCUT2D eigenvalue weighted by Crippen LogP contribution is -2.61. The molecule has 1 heterocycles. The summed E-state index contributed by atoms with van der Waals surface area (Å²) in [6.07, 6.45) is 0. The van der Waals surface area contributed by atoms with Crippen molar-refractivity contribution in [3.8, 4) is 0 Å². The van der Waals surface area contributed by atoms with Gasteiger partial charge in [0.1, 0.15) is 0 Å². The highest BCUT2D eigenvalue weighted by atomic mass is 32.2. The molecule has 0 saturated carbocycles. The topological polar surface area (TPSA) is 95.6 Å². The van der Waals surface area contributed by atoms with E-state index >= 15 is 0 Å². The molecular weight excluding hydrogens is 342 g/mol. The van der Waals surface area contributed by atoms with E-state index in [1.165, 1.54) is 11.9 Å². The van der Waals surface area contributed by atoms with Crippen molar-refractivity contribution in [3.63, 3.8) is 0 Å². The fourth-order valence-electron chi connectivity index (χ4n) is 2.82. The van der Waals surface area contributed by atoms with Gasteiger partial charge in [-0.3, -0.25) is 4.79 Å². The number of urea groups is 1.